The number of nitrogens with one attached hydrogen (secondary N) is 1. The van der Waals surface area contributed by atoms with Gasteiger partial charge in [-0.05, 0) is 48.6 Å². The minimum absolute atomic E-state index is 0.0803. The van der Waals surface area contributed by atoms with Crippen molar-refractivity contribution in [3.8, 4) is 0 Å². The van der Waals surface area contributed by atoms with Gasteiger partial charge in [0.1, 0.15) is 16.5 Å². The average Bonchev–Trinajstić information content (AvgIpc) is 3.05. The van der Waals surface area contributed by atoms with Crippen molar-refractivity contribution in [2.24, 2.45) is 0 Å². The fourth-order valence-electron chi connectivity index (χ4n) is 2.88. The first kappa shape index (κ1) is 13.4. The summed E-state index contributed by atoms with van der Waals surface area (Å²) in [6, 6.07) is 6.29. The van der Waals surface area contributed by atoms with E-state index in [0.717, 1.165) is 35.0 Å². The molecule has 0 aliphatic heterocycles. The number of fused-ring (bicyclic) bond motifs is 3. The van der Waals surface area contributed by atoms with Crippen LogP contribution in [0, 0.1) is 5.82 Å². The minimum Gasteiger partial charge on any atom is -0.306 e. The van der Waals surface area contributed by atoms with E-state index in [1.807, 2.05) is 0 Å². The van der Waals surface area contributed by atoms with Crippen LogP contribution in [0.5, 0.6) is 0 Å². The van der Waals surface area contributed by atoms with E-state index in [1.165, 1.54) is 22.6 Å². The Labute approximate surface area is 130 Å². The van der Waals surface area contributed by atoms with Gasteiger partial charge in [0.25, 0.3) is 5.56 Å². The van der Waals surface area contributed by atoms with E-state index in [4.69, 9.17) is 0 Å². The Bertz CT molecular complexity index is 955. The molecule has 0 saturated carbocycles. The van der Waals surface area contributed by atoms with Crippen molar-refractivity contribution in [1.82, 2.24) is 9.97 Å². The van der Waals surface area contributed by atoms with E-state index in [1.54, 1.807) is 35.6 Å². The number of H-pyrrole nitrogens is 1. The molecule has 0 radical (unpaired) electrons. The molecule has 110 valence electrons. The molecule has 0 saturated heterocycles. The second-order valence-electron chi connectivity index (χ2n) is 5.38. The largest absolute Gasteiger partial charge is 0.306 e. The lowest BCUT2D eigenvalue weighted by molar-refractivity contribution is 0.627. The Balaban J connectivity index is 1.75. The van der Waals surface area contributed by atoms with Gasteiger partial charge >= 0.3 is 0 Å². The molecule has 1 aliphatic rings. The molecule has 2 aromatic heterocycles. The number of hydrogen-bond acceptors (Lipinski definition) is 3. The minimum atomic E-state index is -0.284. The summed E-state index contributed by atoms with van der Waals surface area (Å²) in [7, 11) is 0. The number of aromatic nitrogens is 2. The summed E-state index contributed by atoms with van der Waals surface area (Å²) in [5, 5.41) is 0.750. The topological polar surface area (TPSA) is 45.8 Å². The van der Waals surface area contributed by atoms with Crippen LogP contribution in [0.4, 0.5) is 4.39 Å². The predicted molar refractivity (Wildman–Crippen MR) is 87.6 cm³/mol. The Morgan fingerprint density at radius 2 is 2.18 bits per heavy atom. The van der Waals surface area contributed by atoms with E-state index in [-0.39, 0.29) is 11.4 Å². The number of rotatable bonds is 2. The summed E-state index contributed by atoms with van der Waals surface area (Å²) in [6.07, 6.45) is 6.59. The number of halogens is 1. The summed E-state index contributed by atoms with van der Waals surface area (Å²) < 4.78 is 13.2. The number of nitrogens with zero attached hydrogens (tertiary/aromatic N) is 1. The van der Waals surface area contributed by atoms with Crippen molar-refractivity contribution in [1.29, 1.82) is 0 Å². The van der Waals surface area contributed by atoms with Crippen LogP contribution in [0.15, 0.2) is 29.1 Å². The third kappa shape index (κ3) is 2.27. The van der Waals surface area contributed by atoms with Crippen LogP contribution in [-0.2, 0) is 12.8 Å². The molecule has 1 aliphatic carbocycles. The summed E-state index contributed by atoms with van der Waals surface area (Å²) >= 11 is 1.61. The van der Waals surface area contributed by atoms with Crippen LogP contribution in [0.1, 0.15) is 28.2 Å². The molecule has 0 unspecified atom stereocenters. The second-order valence-corrected chi connectivity index (χ2v) is 6.46. The van der Waals surface area contributed by atoms with Gasteiger partial charge in [0.15, 0.2) is 0 Å². The average molecular weight is 312 g/mol. The van der Waals surface area contributed by atoms with Crippen molar-refractivity contribution in [2.75, 3.05) is 0 Å². The quantitative estimate of drug-likeness (QED) is 0.782. The van der Waals surface area contributed by atoms with E-state index >= 15 is 0 Å². The van der Waals surface area contributed by atoms with Crippen LogP contribution in [0.2, 0.25) is 0 Å². The van der Waals surface area contributed by atoms with Crippen LogP contribution < -0.4 is 5.56 Å². The molecular formula is C17H13FN2OS. The molecule has 4 rings (SSSR count). The van der Waals surface area contributed by atoms with Crippen molar-refractivity contribution < 1.29 is 4.39 Å². The number of hydrogen-bond donors (Lipinski definition) is 1. The molecule has 3 aromatic rings. The van der Waals surface area contributed by atoms with Gasteiger partial charge in [-0.15, -0.1) is 11.3 Å². The zero-order valence-electron chi connectivity index (χ0n) is 11.7. The van der Waals surface area contributed by atoms with Gasteiger partial charge in [0, 0.05) is 4.88 Å². The highest BCUT2D eigenvalue weighted by Gasteiger charge is 2.20. The van der Waals surface area contributed by atoms with Gasteiger partial charge in [-0.3, -0.25) is 4.79 Å². The maximum Gasteiger partial charge on any atom is 0.260 e. The zero-order valence-corrected chi connectivity index (χ0v) is 12.5. The predicted octanol–water partition coefficient (Wildman–Crippen LogP) is 3.78. The fraction of sp³-hybridized carbons (Fsp3) is 0.176. The third-order valence-electron chi connectivity index (χ3n) is 3.88. The van der Waals surface area contributed by atoms with Crippen LogP contribution in [-0.4, -0.2) is 9.97 Å². The van der Waals surface area contributed by atoms with E-state index in [2.05, 4.69) is 9.97 Å². The van der Waals surface area contributed by atoms with Crippen molar-refractivity contribution in [2.45, 2.75) is 19.3 Å². The first-order valence-corrected chi connectivity index (χ1v) is 8.00. The molecule has 0 fully saturated rings. The molecule has 22 heavy (non-hydrogen) atoms. The SMILES string of the molecule is O=c1[nH]c(/C=C/c2cccc(F)c2)nc2sc3c(c12)CCC3. The lowest BCUT2D eigenvalue weighted by Crippen LogP contribution is -2.09. The smallest absolute Gasteiger partial charge is 0.260 e. The lowest BCUT2D eigenvalue weighted by atomic mass is 10.2. The van der Waals surface area contributed by atoms with Gasteiger partial charge in [0.05, 0.1) is 5.39 Å². The maximum absolute atomic E-state index is 13.2. The fourth-order valence-corrected chi connectivity index (χ4v) is 4.15. The van der Waals surface area contributed by atoms with Crippen LogP contribution >= 0.6 is 11.3 Å². The van der Waals surface area contributed by atoms with Gasteiger partial charge in [-0.25, -0.2) is 9.37 Å². The molecule has 5 heteroatoms. The first-order chi connectivity index (χ1) is 10.7. The van der Waals surface area contributed by atoms with Crippen LogP contribution in [0.25, 0.3) is 22.4 Å². The summed E-state index contributed by atoms with van der Waals surface area (Å²) in [4.78, 5) is 21.7. The van der Waals surface area contributed by atoms with Crippen molar-refractivity contribution in [3.63, 3.8) is 0 Å². The Kier molecular flexibility index (Phi) is 3.15. The zero-order chi connectivity index (χ0) is 15.1. The molecule has 1 aromatic carbocycles. The lowest BCUT2D eigenvalue weighted by Gasteiger charge is -1.97. The maximum atomic E-state index is 13.2. The Morgan fingerprint density at radius 1 is 1.27 bits per heavy atom. The summed E-state index contributed by atoms with van der Waals surface area (Å²) in [5.74, 6) is 0.218. The van der Waals surface area contributed by atoms with Gasteiger partial charge < -0.3 is 4.98 Å². The molecule has 0 bridgehead atoms. The molecule has 0 amide bonds. The van der Waals surface area contributed by atoms with Gasteiger partial charge in [-0.1, -0.05) is 18.2 Å². The molecule has 2 heterocycles. The van der Waals surface area contributed by atoms with E-state index in [0.29, 0.717) is 5.82 Å². The molecular weight excluding hydrogens is 299 g/mol. The number of aromatic amines is 1. The molecule has 0 atom stereocenters. The van der Waals surface area contributed by atoms with Crippen LogP contribution in [0.3, 0.4) is 0 Å². The molecule has 3 nitrogen and oxygen atoms in total. The normalized spacial score (nSPS) is 14.0. The van der Waals surface area contributed by atoms with Gasteiger partial charge in [0.2, 0.25) is 0 Å². The highest BCUT2D eigenvalue weighted by atomic mass is 32.1. The summed E-state index contributed by atoms with van der Waals surface area (Å²) in [5.41, 5.74) is 1.83. The third-order valence-corrected chi connectivity index (χ3v) is 5.06. The number of benzene rings is 1. The van der Waals surface area contributed by atoms with E-state index < -0.39 is 0 Å². The highest BCUT2D eigenvalue weighted by molar-refractivity contribution is 7.18. The number of aryl methyl sites for hydroxylation is 2. The standard InChI is InChI=1S/C17H13FN2OS/c18-11-4-1-3-10(9-11)7-8-14-19-16(21)15-12-5-2-6-13(12)22-17(15)20-14/h1,3-4,7-9H,2,5-6H2,(H,19,20,21)/b8-7+. The Morgan fingerprint density at radius 3 is 3.05 bits per heavy atom. The Hall–Kier alpha value is -2.27. The van der Waals surface area contributed by atoms with Gasteiger partial charge in [-0.2, -0.15) is 0 Å². The second kappa shape index (κ2) is 5.18. The number of thiophene rings is 1. The van der Waals surface area contributed by atoms with E-state index in [9.17, 15) is 9.18 Å². The molecule has 1 N–H and O–H groups in total. The molecule has 0 spiro atoms. The summed E-state index contributed by atoms with van der Waals surface area (Å²) in [6.45, 7) is 0. The van der Waals surface area contributed by atoms with Crippen molar-refractivity contribution in [3.05, 3.63) is 62.3 Å². The highest BCUT2D eigenvalue weighted by Crippen LogP contribution is 2.34. The monoisotopic (exact) mass is 312 g/mol. The van der Waals surface area contributed by atoms with Crippen molar-refractivity contribution >= 4 is 33.7 Å². The first-order valence-electron chi connectivity index (χ1n) is 7.19.